The number of hydrogen-bond acceptors (Lipinski definition) is 7. The predicted molar refractivity (Wildman–Crippen MR) is 412 cm³/mol. The molecule has 0 bridgehead atoms. The Morgan fingerprint density at radius 3 is 1.19 bits per heavy atom. The van der Waals surface area contributed by atoms with E-state index in [1.54, 1.807) is 30.3 Å². The smallest absolute Gasteiger partial charge is 0.381 e. The summed E-state index contributed by atoms with van der Waals surface area (Å²) in [5.74, 6) is -29.1. The fraction of sp³-hybridized carbons (Fsp3) is 0.322. The van der Waals surface area contributed by atoms with E-state index in [1.807, 2.05) is 120 Å². The predicted octanol–water partition coefficient (Wildman–Crippen LogP) is 23.8. The molecule has 0 saturated heterocycles. The zero-order chi connectivity index (χ0) is 76.6. The average molecular weight is 1460 g/mol. The first kappa shape index (κ1) is 76.4. The Morgan fingerprint density at radius 1 is 0.402 bits per heavy atom. The van der Waals surface area contributed by atoms with Crippen molar-refractivity contribution in [1.29, 1.82) is 5.41 Å². The number of para-hydroxylation sites is 2. The van der Waals surface area contributed by atoms with E-state index in [0.29, 0.717) is 74.2 Å². The number of hydrogen-bond donors (Lipinski definition) is 1. The number of ether oxygens (including phenoxy) is 2. The molecule has 12 rings (SSSR count). The molecule has 0 saturated carbocycles. The topological polar surface area (TPSA) is 120 Å². The van der Waals surface area contributed by atoms with E-state index in [2.05, 4.69) is 29.9 Å². The second-order valence-corrected chi connectivity index (χ2v) is 29.0. The minimum absolute atomic E-state index is 0.00775. The van der Waals surface area contributed by atoms with Crippen LogP contribution in [-0.4, -0.2) is 75.4 Å². The first-order valence-electron chi connectivity index (χ1n) is 36.8. The lowest BCUT2D eigenvalue weighted by molar-refractivity contribution is -0.371. The number of nitrogens with one attached hydrogen (secondary N) is 1. The van der Waals surface area contributed by atoms with Gasteiger partial charge in [0.25, 0.3) is 0 Å². The van der Waals surface area contributed by atoms with Crippen molar-refractivity contribution < 1.29 is 63.8 Å². The van der Waals surface area contributed by atoms with Crippen LogP contribution in [0, 0.1) is 58.8 Å². The fourth-order valence-electron chi connectivity index (χ4n) is 16.0. The molecule has 1 N–H and O–H groups in total. The summed E-state index contributed by atoms with van der Waals surface area (Å²) in [6, 6.07) is 45.7. The number of ketones is 4. The highest BCUT2D eigenvalue weighted by atomic mass is 19.4. The van der Waals surface area contributed by atoms with Crippen molar-refractivity contribution >= 4 is 94.5 Å². The van der Waals surface area contributed by atoms with Crippen molar-refractivity contribution in [2.24, 2.45) is 11.8 Å². The van der Waals surface area contributed by atoms with Gasteiger partial charge in [-0.25, -0.2) is 0 Å². The van der Waals surface area contributed by atoms with Gasteiger partial charge in [-0.3, -0.25) is 19.2 Å². The van der Waals surface area contributed by atoms with Gasteiger partial charge in [-0.05, 0) is 191 Å². The average Bonchev–Trinajstić information content (AvgIpc) is 1.70. The normalized spacial score (nSPS) is 13.0. The summed E-state index contributed by atoms with van der Waals surface area (Å²) in [5.41, 5.74) is 9.08. The van der Waals surface area contributed by atoms with Gasteiger partial charge < -0.3 is 24.0 Å². The number of alkyl halides is 8. The second-order valence-electron chi connectivity index (χ2n) is 29.0. The molecular weight excluding hydrogens is 1370 g/mol. The van der Waals surface area contributed by atoms with Crippen molar-refractivity contribution in [3.8, 4) is 11.5 Å². The highest BCUT2D eigenvalue weighted by Gasteiger charge is 2.81. The summed E-state index contributed by atoms with van der Waals surface area (Å²) in [5, 5.41) is 13.4. The quantitative estimate of drug-likeness (QED) is 0.0194. The molecule has 12 aromatic rings. The molecule has 0 aliphatic heterocycles. The van der Waals surface area contributed by atoms with Crippen LogP contribution in [0.3, 0.4) is 0 Å². The molecule has 107 heavy (non-hydrogen) atoms. The van der Waals surface area contributed by atoms with Crippen molar-refractivity contribution in [2.75, 3.05) is 13.2 Å². The Hall–Kier alpha value is -10.3. The van der Waals surface area contributed by atoms with Gasteiger partial charge in [-0.15, -0.1) is 0 Å². The lowest BCUT2D eigenvalue weighted by atomic mass is 9.89. The summed E-state index contributed by atoms with van der Waals surface area (Å²) in [4.78, 5) is 59.5. The van der Waals surface area contributed by atoms with Crippen LogP contribution < -0.4 is 9.47 Å². The number of rotatable bonds is 32. The van der Waals surface area contributed by atoms with Crippen LogP contribution in [0.2, 0.25) is 0 Å². The minimum Gasteiger partial charge on any atom is -0.486 e. The number of carbonyl (C=O) groups excluding carboxylic acids is 4. The molecule has 0 amide bonds. The third-order valence-corrected chi connectivity index (χ3v) is 21.2. The number of benzene rings is 10. The highest BCUT2D eigenvalue weighted by molar-refractivity contribution is 6.29. The second kappa shape index (κ2) is 30.9. The summed E-state index contributed by atoms with van der Waals surface area (Å²) >= 11 is 0. The Morgan fingerprint density at radius 2 is 0.785 bits per heavy atom. The summed E-state index contributed by atoms with van der Waals surface area (Å²) in [6.45, 7) is 13.7. The van der Waals surface area contributed by atoms with Crippen molar-refractivity contribution in [2.45, 2.75) is 163 Å². The molecule has 2 unspecified atom stereocenters. The summed E-state index contributed by atoms with van der Waals surface area (Å²) in [7, 11) is 0. The van der Waals surface area contributed by atoms with Gasteiger partial charge in [0, 0.05) is 89.8 Å². The lowest BCUT2D eigenvalue weighted by Gasteiger charge is -2.36. The van der Waals surface area contributed by atoms with Crippen molar-refractivity contribution in [3.63, 3.8) is 0 Å². The molecule has 2 atom stereocenters. The van der Waals surface area contributed by atoms with Gasteiger partial charge in [0.05, 0.1) is 22.2 Å². The zero-order valence-corrected chi connectivity index (χ0v) is 61.7. The molecule has 0 aliphatic carbocycles. The standard InChI is InChI=1S/C90H87F8N3O6/c1-10-13-15-26-59(24-12-3)49-100-75-37-35-61(45-69(75)71-47-73(63-27-16-18-29-65(63)81(71)100)85(104)79-55(6)41-53(4)42-56(79)7)83(102)67-31-20-22-33-77(67)106-51-87(91,92)89(95,96)90(97,98)88(93,94)52-107-78-34-23-21-32-68(78)84(103)62-36-38-76-70(46-62)72-48-74(86(105)80-57(8)43-54(5)44-58(80)9)64-28-17-19-30-66(64)82(72)101(76)50-60(39-40-99)25-14-11-2/h16-23,27-38,40-48,59-60,99H,10-15,24-26,39,49-52H2,1-9H3. The van der Waals surface area contributed by atoms with Gasteiger partial charge >= 0.3 is 23.7 Å². The molecule has 10 aromatic carbocycles. The molecule has 0 radical (unpaired) electrons. The maximum absolute atomic E-state index is 16.1. The molecule has 2 aromatic heterocycles. The fourth-order valence-corrected chi connectivity index (χ4v) is 16.0. The third kappa shape index (κ3) is 14.4. The number of unbranched alkanes of at least 4 members (excludes halogenated alkanes) is 3. The van der Waals surface area contributed by atoms with E-state index >= 15 is 35.1 Å². The first-order valence-corrected chi connectivity index (χ1v) is 36.8. The van der Waals surface area contributed by atoms with Crippen molar-refractivity contribution in [1.82, 2.24) is 9.13 Å². The van der Waals surface area contributed by atoms with Crippen LogP contribution in [0.5, 0.6) is 11.5 Å². The first-order chi connectivity index (χ1) is 51.1. The van der Waals surface area contributed by atoms with Gasteiger partial charge in [0.15, 0.2) is 36.3 Å². The van der Waals surface area contributed by atoms with Gasteiger partial charge in [-0.1, -0.05) is 167 Å². The Bertz CT molecular complexity index is 5430. The SMILES string of the molecule is CCCCCC(CCC)Cn1c2ccc(C(=O)c3ccccc3OCC(F)(F)C(F)(F)C(F)(F)C(F)(F)COc3ccccc3C(=O)c3ccc4c(c3)c3cc(C(=O)c5c(C)cc(C)cc5C)c5ccccc5c3n4CC(CC=N)CCCC)cc2c2cc(C(=O)c3c(C)cc(C)cc3C)c3ccccc3c21. The molecule has 0 aliphatic rings. The van der Waals surface area contributed by atoms with Crippen molar-refractivity contribution in [3.05, 3.63) is 248 Å². The van der Waals surface area contributed by atoms with Gasteiger partial charge in [-0.2, -0.15) is 35.1 Å². The molecule has 0 spiro atoms. The summed E-state index contributed by atoms with van der Waals surface area (Å²) < 4.78 is 143. The highest BCUT2D eigenvalue weighted by Crippen LogP contribution is 2.53. The summed E-state index contributed by atoms with van der Waals surface area (Å²) in [6.07, 6.45) is 10.4. The third-order valence-electron chi connectivity index (χ3n) is 21.2. The van der Waals surface area contributed by atoms with E-state index in [-0.39, 0.29) is 34.5 Å². The molecular formula is C90H87F8N3O6. The van der Waals surface area contributed by atoms with E-state index in [9.17, 15) is 19.2 Å². The Labute approximate surface area is 617 Å². The number of aryl methyl sites for hydroxylation is 6. The van der Waals surface area contributed by atoms with Crippen LogP contribution in [0.4, 0.5) is 35.1 Å². The number of fused-ring (bicyclic) bond motifs is 10. The largest absolute Gasteiger partial charge is 0.486 e. The van der Waals surface area contributed by atoms with Crippen LogP contribution in [0.25, 0.3) is 65.2 Å². The number of nitrogens with zero attached hydrogens (tertiary/aromatic N) is 2. The van der Waals surface area contributed by atoms with Crippen LogP contribution in [0.15, 0.2) is 170 Å². The van der Waals surface area contributed by atoms with Crippen LogP contribution in [-0.2, 0) is 13.1 Å². The van der Waals surface area contributed by atoms with E-state index in [0.717, 1.165) is 142 Å². The van der Waals surface area contributed by atoms with Gasteiger partial charge in [0.1, 0.15) is 11.5 Å². The monoisotopic (exact) mass is 1460 g/mol. The Kier molecular flexibility index (Phi) is 22.0. The van der Waals surface area contributed by atoms with E-state index in [1.165, 1.54) is 48.7 Å². The van der Waals surface area contributed by atoms with Crippen LogP contribution in [0.1, 0.15) is 182 Å². The number of carbonyl (C=O) groups is 4. The molecule has 17 heteroatoms. The van der Waals surface area contributed by atoms with Gasteiger partial charge in [0.2, 0.25) is 0 Å². The maximum Gasteiger partial charge on any atom is 0.381 e. The van der Waals surface area contributed by atoms with Crippen LogP contribution >= 0.6 is 0 Å². The lowest BCUT2D eigenvalue weighted by Crippen LogP contribution is -2.65. The maximum atomic E-state index is 16.1. The van der Waals surface area contributed by atoms with E-state index < -0.39 is 71.1 Å². The number of aromatic nitrogens is 2. The molecule has 554 valence electrons. The molecule has 9 nitrogen and oxygen atoms in total. The van der Waals surface area contributed by atoms with E-state index in [4.69, 9.17) is 14.9 Å². The number of halogens is 8. The zero-order valence-electron chi connectivity index (χ0n) is 61.7. The minimum atomic E-state index is -6.84. The Balaban J connectivity index is 0.826. The molecule has 2 heterocycles. The molecule has 0 fully saturated rings.